The predicted octanol–water partition coefficient (Wildman–Crippen LogP) is 2.36. The maximum absolute atomic E-state index is 12.5. The van der Waals surface area contributed by atoms with Crippen molar-refractivity contribution >= 4 is 29.1 Å². The van der Waals surface area contributed by atoms with E-state index in [9.17, 15) is 14.7 Å². The molecule has 0 radical (unpaired) electrons. The maximum Gasteiger partial charge on any atom is 0.238 e. The van der Waals surface area contributed by atoms with Crippen molar-refractivity contribution in [2.45, 2.75) is 6.42 Å². The topological polar surface area (TPSA) is 57.6 Å². The molecular weight excluding hydrogens is 278 g/mol. The Morgan fingerprint density at radius 3 is 2.25 bits per heavy atom. The number of phenolic OH excluding ortho intramolecular Hbond substituents is 1. The molecule has 2 aliphatic carbocycles. The van der Waals surface area contributed by atoms with Crippen molar-refractivity contribution in [1.29, 1.82) is 0 Å². The molecule has 2 amide bonds. The van der Waals surface area contributed by atoms with Crippen LogP contribution in [0.5, 0.6) is 5.75 Å². The van der Waals surface area contributed by atoms with Crippen molar-refractivity contribution in [2.75, 3.05) is 4.90 Å². The summed E-state index contributed by atoms with van der Waals surface area (Å²) >= 11 is 5.76. The summed E-state index contributed by atoms with van der Waals surface area (Å²) in [5.74, 6) is -0.509. The lowest BCUT2D eigenvalue weighted by atomic mass is 9.85. The number of anilines is 1. The Morgan fingerprint density at radius 1 is 1.10 bits per heavy atom. The Morgan fingerprint density at radius 2 is 1.70 bits per heavy atom. The zero-order valence-electron chi connectivity index (χ0n) is 10.5. The number of fused-ring (bicyclic) bond motifs is 5. The molecule has 4 rings (SSSR count). The van der Waals surface area contributed by atoms with Crippen LogP contribution in [0, 0.1) is 23.7 Å². The van der Waals surface area contributed by atoms with Gasteiger partial charge in [-0.1, -0.05) is 23.8 Å². The smallest absolute Gasteiger partial charge is 0.238 e. The van der Waals surface area contributed by atoms with E-state index in [1.807, 2.05) is 0 Å². The molecule has 1 saturated heterocycles. The lowest BCUT2D eigenvalue weighted by molar-refractivity contribution is -0.123. The summed E-state index contributed by atoms with van der Waals surface area (Å²) in [6.07, 6.45) is 5.02. The van der Waals surface area contributed by atoms with Gasteiger partial charge in [-0.2, -0.15) is 0 Å². The minimum Gasteiger partial charge on any atom is -0.506 e. The van der Waals surface area contributed by atoms with Crippen LogP contribution in [0.15, 0.2) is 30.4 Å². The fraction of sp³-hybridized carbons (Fsp3) is 0.333. The molecule has 1 saturated carbocycles. The van der Waals surface area contributed by atoms with Gasteiger partial charge in [0, 0.05) is 6.07 Å². The number of imide groups is 1. The number of benzene rings is 1. The van der Waals surface area contributed by atoms with E-state index in [-0.39, 0.29) is 46.3 Å². The van der Waals surface area contributed by atoms with E-state index in [1.54, 1.807) is 6.07 Å². The summed E-state index contributed by atoms with van der Waals surface area (Å²) in [4.78, 5) is 26.3. The van der Waals surface area contributed by atoms with Crippen molar-refractivity contribution in [1.82, 2.24) is 0 Å². The number of carbonyl (C=O) groups excluding carboxylic acids is 2. The summed E-state index contributed by atoms with van der Waals surface area (Å²) in [6.45, 7) is 0. The van der Waals surface area contributed by atoms with E-state index >= 15 is 0 Å². The normalized spacial score (nSPS) is 34.1. The van der Waals surface area contributed by atoms with Gasteiger partial charge in [0.15, 0.2) is 0 Å². The quantitative estimate of drug-likeness (QED) is 0.638. The second-order valence-corrected chi connectivity index (χ2v) is 6.05. The number of phenols is 1. The molecule has 20 heavy (non-hydrogen) atoms. The molecule has 4 atom stereocenters. The molecule has 1 aromatic carbocycles. The van der Waals surface area contributed by atoms with E-state index in [0.717, 1.165) is 6.42 Å². The molecule has 2 bridgehead atoms. The molecule has 3 aliphatic rings. The molecular formula is C15H12ClNO3. The molecule has 4 unspecified atom stereocenters. The van der Waals surface area contributed by atoms with E-state index in [4.69, 9.17) is 11.6 Å². The number of nitrogens with zero attached hydrogens (tertiary/aromatic N) is 1. The Balaban J connectivity index is 1.76. The molecule has 102 valence electrons. The van der Waals surface area contributed by atoms with Crippen LogP contribution in [-0.4, -0.2) is 16.9 Å². The highest BCUT2D eigenvalue weighted by Crippen LogP contribution is 2.53. The van der Waals surface area contributed by atoms with Crippen molar-refractivity contribution in [3.8, 4) is 5.75 Å². The molecule has 4 nitrogen and oxygen atoms in total. The Bertz CT molecular complexity index is 639. The molecule has 1 aliphatic heterocycles. The first-order valence-corrected chi connectivity index (χ1v) is 7.00. The van der Waals surface area contributed by atoms with Gasteiger partial charge < -0.3 is 5.11 Å². The SMILES string of the molecule is O=C1C2C3C=CC(C3)C2C(=O)N1c1ccc(Cl)c(O)c1. The van der Waals surface area contributed by atoms with Crippen molar-refractivity contribution in [3.63, 3.8) is 0 Å². The van der Waals surface area contributed by atoms with Crippen molar-refractivity contribution in [2.24, 2.45) is 23.7 Å². The van der Waals surface area contributed by atoms with Gasteiger partial charge in [0.2, 0.25) is 11.8 Å². The monoisotopic (exact) mass is 289 g/mol. The first-order valence-electron chi connectivity index (χ1n) is 6.62. The Labute approximate surface area is 120 Å². The molecule has 2 fully saturated rings. The first-order chi connectivity index (χ1) is 9.58. The van der Waals surface area contributed by atoms with Gasteiger partial charge in [0.05, 0.1) is 22.5 Å². The first kappa shape index (κ1) is 12.0. The van der Waals surface area contributed by atoms with Crippen LogP contribution in [0.25, 0.3) is 0 Å². The van der Waals surface area contributed by atoms with Crippen LogP contribution in [0.3, 0.4) is 0 Å². The summed E-state index contributed by atoms with van der Waals surface area (Å²) in [5.41, 5.74) is 0.399. The van der Waals surface area contributed by atoms with Crippen LogP contribution in [0.4, 0.5) is 5.69 Å². The Kier molecular flexibility index (Phi) is 2.31. The average molecular weight is 290 g/mol. The van der Waals surface area contributed by atoms with Crippen molar-refractivity contribution < 1.29 is 14.7 Å². The number of hydrogen-bond acceptors (Lipinski definition) is 3. The number of carbonyl (C=O) groups is 2. The number of aromatic hydroxyl groups is 1. The average Bonchev–Trinajstić information content (AvgIpc) is 3.08. The van der Waals surface area contributed by atoms with E-state index in [1.165, 1.54) is 17.0 Å². The van der Waals surface area contributed by atoms with E-state index in [2.05, 4.69) is 12.2 Å². The van der Waals surface area contributed by atoms with Gasteiger partial charge in [0.25, 0.3) is 0 Å². The standard InChI is InChI=1S/C15H12ClNO3/c16-10-4-3-9(6-11(10)18)17-14(19)12-7-1-2-8(5-7)13(12)15(17)20/h1-4,6-8,12-13,18H,5H2. The van der Waals surface area contributed by atoms with Crippen LogP contribution in [-0.2, 0) is 9.59 Å². The number of amides is 2. The Hall–Kier alpha value is -1.81. The number of rotatable bonds is 1. The minimum atomic E-state index is -0.227. The summed E-state index contributed by atoms with van der Waals surface area (Å²) < 4.78 is 0. The molecule has 5 heteroatoms. The van der Waals surface area contributed by atoms with Gasteiger partial charge in [-0.05, 0) is 30.4 Å². The second-order valence-electron chi connectivity index (χ2n) is 5.65. The summed E-state index contributed by atoms with van der Waals surface area (Å²) in [5, 5.41) is 9.86. The third-order valence-corrected chi connectivity index (χ3v) is 4.98. The highest BCUT2D eigenvalue weighted by molar-refractivity contribution is 6.32. The molecule has 1 heterocycles. The summed E-state index contributed by atoms with van der Waals surface area (Å²) in [7, 11) is 0. The number of halogens is 1. The third kappa shape index (κ3) is 1.37. The van der Waals surface area contributed by atoms with Gasteiger partial charge in [0.1, 0.15) is 5.75 Å². The van der Waals surface area contributed by atoms with Crippen LogP contribution < -0.4 is 4.90 Å². The highest BCUT2D eigenvalue weighted by atomic mass is 35.5. The molecule has 1 aromatic rings. The lowest BCUT2D eigenvalue weighted by Gasteiger charge is -2.17. The molecule has 0 spiro atoms. The number of allylic oxidation sites excluding steroid dienone is 2. The van der Waals surface area contributed by atoms with Gasteiger partial charge >= 0.3 is 0 Å². The minimum absolute atomic E-state index is 0.122. The van der Waals surface area contributed by atoms with E-state index < -0.39 is 0 Å². The highest BCUT2D eigenvalue weighted by Gasteiger charge is 2.59. The largest absolute Gasteiger partial charge is 0.506 e. The van der Waals surface area contributed by atoms with Crippen LogP contribution in [0.2, 0.25) is 5.02 Å². The van der Waals surface area contributed by atoms with Crippen LogP contribution >= 0.6 is 11.6 Å². The van der Waals surface area contributed by atoms with E-state index in [0.29, 0.717) is 5.69 Å². The zero-order chi connectivity index (χ0) is 14.0. The third-order valence-electron chi connectivity index (χ3n) is 4.66. The second kappa shape index (κ2) is 3.85. The van der Waals surface area contributed by atoms with Gasteiger partial charge in [-0.15, -0.1) is 0 Å². The molecule has 0 aromatic heterocycles. The van der Waals surface area contributed by atoms with Gasteiger partial charge in [-0.3, -0.25) is 9.59 Å². The zero-order valence-corrected chi connectivity index (χ0v) is 11.2. The molecule has 1 N–H and O–H groups in total. The van der Waals surface area contributed by atoms with Gasteiger partial charge in [-0.25, -0.2) is 4.90 Å². The lowest BCUT2D eigenvalue weighted by Crippen LogP contribution is -2.32. The summed E-state index contributed by atoms with van der Waals surface area (Å²) in [6, 6.07) is 4.45. The predicted molar refractivity (Wildman–Crippen MR) is 73.3 cm³/mol. The van der Waals surface area contributed by atoms with Crippen molar-refractivity contribution in [3.05, 3.63) is 35.4 Å². The fourth-order valence-electron chi connectivity index (χ4n) is 3.80. The fourth-order valence-corrected chi connectivity index (χ4v) is 3.91. The van der Waals surface area contributed by atoms with Crippen LogP contribution in [0.1, 0.15) is 6.42 Å². The maximum atomic E-state index is 12.5. The number of hydrogen-bond donors (Lipinski definition) is 1.